The van der Waals surface area contributed by atoms with Gasteiger partial charge < -0.3 is 21.7 Å². The average molecular weight is 349 g/mol. The van der Waals surface area contributed by atoms with Crippen molar-refractivity contribution < 1.29 is 4.79 Å². The molecule has 1 aliphatic rings. The summed E-state index contributed by atoms with van der Waals surface area (Å²) in [5.41, 5.74) is 7.14. The van der Waals surface area contributed by atoms with Crippen molar-refractivity contribution in [2.75, 3.05) is 23.7 Å². The Morgan fingerprint density at radius 1 is 1.23 bits per heavy atom. The summed E-state index contributed by atoms with van der Waals surface area (Å²) < 4.78 is 0. The number of fused-ring (bicyclic) bond motifs is 1. The van der Waals surface area contributed by atoms with E-state index in [-0.39, 0.29) is 5.69 Å². The van der Waals surface area contributed by atoms with Gasteiger partial charge in [0.1, 0.15) is 5.82 Å². The van der Waals surface area contributed by atoms with Crippen LogP contribution in [0.1, 0.15) is 16.9 Å². The van der Waals surface area contributed by atoms with E-state index in [0.29, 0.717) is 23.4 Å². The normalized spacial score (nSPS) is 16.5. The second-order valence-corrected chi connectivity index (χ2v) is 6.19. The van der Waals surface area contributed by atoms with E-state index >= 15 is 0 Å². The fourth-order valence-corrected chi connectivity index (χ4v) is 2.99. The van der Waals surface area contributed by atoms with E-state index in [2.05, 4.69) is 30.9 Å². The molecular formula is C18H19N7O. The first kappa shape index (κ1) is 16.2. The van der Waals surface area contributed by atoms with Crippen LogP contribution in [-0.4, -0.2) is 40.0 Å². The Kier molecular flexibility index (Phi) is 4.32. The van der Waals surface area contributed by atoms with E-state index in [1.807, 2.05) is 30.3 Å². The highest BCUT2D eigenvalue weighted by molar-refractivity contribution is 5.96. The number of carbonyl (C=O) groups is 1. The van der Waals surface area contributed by atoms with E-state index in [1.165, 1.54) is 6.20 Å². The van der Waals surface area contributed by atoms with Gasteiger partial charge in [-0.2, -0.15) is 0 Å². The Morgan fingerprint density at radius 2 is 2.12 bits per heavy atom. The summed E-state index contributed by atoms with van der Waals surface area (Å²) in [6, 6.07) is 10.0. The van der Waals surface area contributed by atoms with Gasteiger partial charge in [-0.3, -0.25) is 9.78 Å². The number of amides is 1. The smallest absolute Gasteiger partial charge is 0.271 e. The van der Waals surface area contributed by atoms with Crippen LogP contribution in [0.15, 0.2) is 42.7 Å². The molecule has 1 fully saturated rings. The Morgan fingerprint density at radius 3 is 2.92 bits per heavy atom. The summed E-state index contributed by atoms with van der Waals surface area (Å²) >= 11 is 0. The molecule has 26 heavy (non-hydrogen) atoms. The largest absolute Gasteiger partial charge is 0.365 e. The number of carbonyl (C=O) groups excluding carboxylic acids is 1. The van der Waals surface area contributed by atoms with Gasteiger partial charge in [0.2, 0.25) is 0 Å². The minimum atomic E-state index is -0.636. The molecule has 2 aromatic heterocycles. The monoisotopic (exact) mass is 349 g/mol. The summed E-state index contributed by atoms with van der Waals surface area (Å²) in [5, 5.41) is 10.7. The van der Waals surface area contributed by atoms with E-state index in [0.717, 1.165) is 30.4 Å². The third kappa shape index (κ3) is 3.40. The highest BCUT2D eigenvalue weighted by Crippen LogP contribution is 2.22. The zero-order valence-corrected chi connectivity index (χ0v) is 14.1. The highest BCUT2D eigenvalue weighted by Gasteiger charge is 2.17. The zero-order chi connectivity index (χ0) is 17.9. The van der Waals surface area contributed by atoms with Crippen molar-refractivity contribution in [3.8, 4) is 0 Å². The van der Waals surface area contributed by atoms with E-state index in [1.54, 1.807) is 6.20 Å². The molecule has 0 radical (unpaired) electrons. The van der Waals surface area contributed by atoms with Crippen LogP contribution in [0.4, 0.5) is 17.3 Å². The maximum atomic E-state index is 11.7. The molecule has 0 aliphatic carbocycles. The van der Waals surface area contributed by atoms with Crippen molar-refractivity contribution in [2.24, 2.45) is 5.73 Å². The molecule has 3 heterocycles. The van der Waals surface area contributed by atoms with Crippen molar-refractivity contribution in [3.05, 3.63) is 48.4 Å². The first-order valence-electron chi connectivity index (χ1n) is 8.45. The Balaban J connectivity index is 1.64. The number of nitrogens with one attached hydrogen (secondary N) is 3. The number of primary amides is 1. The summed E-state index contributed by atoms with van der Waals surface area (Å²) in [7, 11) is 0. The lowest BCUT2D eigenvalue weighted by molar-refractivity contribution is 0.0996. The number of rotatable bonds is 5. The minimum absolute atomic E-state index is 0.0910. The molecule has 3 aromatic rings. The fraction of sp³-hybridized carbons (Fsp3) is 0.222. The van der Waals surface area contributed by atoms with E-state index < -0.39 is 5.91 Å². The highest BCUT2D eigenvalue weighted by atomic mass is 16.1. The summed E-state index contributed by atoms with van der Waals surface area (Å²) in [6.45, 7) is 1.84. The third-order valence-electron chi connectivity index (χ3n) is 4.27. The number of pyridine rings is 1. The third-order valence-corrected chi connectivity index (χ3v) is 4.27. The van der Waals surface area contributed by atoms with Crippen LogP contribution in [0.2, 0.25) is 0 Å². The molecule has 1 aliphatic heterocycles. The van der Waals surface area contributed by atoms with Crippen LogP contribution in [0.25, 0.3) is 10.9 Å². The number of anilines is 3. The van der Waals surface area contributed by atoms with Crippen LogP contribution in [0.5, 0.6) is 0 Å². The quantitative estimate of drug-likeness (QED) is 0.553. The van der Waals surface area contributed by atoms with Crippen LogP contribution >= 0.6 is 0 Å². The van der Waals surface area contributed by atoms with Gasteiger partial charge in [-0.15, -0.1) is 0 Å². The number of hydrogen-bond donors (Lipinski definition) is 4. The SMILES string of the molecule is NC(=O)c1ncc(N[C@@H]2CCNC2)nc1Nc1cnc2ccccc2c1. The molecule has 0 spiro atoms. The van der Waals surface area contributed by atoms with E-state index in [9.17, 15) is 4.79 Å². The maximum absolute atomic E-state index is 11.7. The molecule has 8 nitrogen and oxygen atoms in total. The molecule has 1 amide bonds. The lowest BCUT2D eigenvalue weighted by Crippen LogP contribution is -2.24. The molecule has 5 N–H and O–H groups in total. The molecule has 0 saturated carbocycles. The number of nitrogens with two attached hydrogens (primary N) is 1. The average Bonchev–Trinajstić information content (AvgIpc) is 3.14. The van der Waals surface area contributed by atoms with Crippen molar-refractivity contribution in [2.45, 2.75) is 12.5 Å². The first-order chi connectivity index (χ1) is 12.7. The number of para-hydroxylation sites is 1. The van der Waals surface area contributed by atoms with Crippen molar-refractivity contribution in [1.29, 1.82) is 0 Å². The zero-order valence-electron chi connectivity index (χ0n) is 14.1. The molecule has 1 atom stereocenters. The van der Waals surface area contributed by atoms with Crippen LogP contribution < -0.4 is 21.7 Å². The van der Waals surface area contributed by atoms with Gasteiger partial charge >= 0.3 is 0 Å². The molecule has 1 saturated heterocycles. The Hall–Kier alpha value is -3.26. The lowest BCUT2D eigenvalue weighted by Gasteiger charge is -2.14. The Labute approximate surface area is 150 Å². The predicted molar refractivity (Wildman–Crippen MR) is 100 cm³/mol. The number of hydrogen-bond acceptors (Lipinski definition) is 7. The second kappa shape index (κ2) is 6.93. The van der Waals surface area contributed by atoms with Crippen molar-refractivity contribution >= 4 is 34.1 Å². The molecule has 0 bridgehead atoms. The number of benzene rings is 1. The topological polar surface area (TPSA) is 118 Å². The minimum Gasteiger partial charge on any atom is -0.365 e. The van der Waals surface area contributed by atoms with Crippen molar-refractivity contribution in [3.63, 3.8) is 0 Å². The Bertz CT molecular complexity index is 953. The van der Waals surface area contributed by atoms with Crippen LogP contribution in [0, 0.1) is 0 Å². The van der Waals surface area contributed by atoms with E-state index in [4.69, 9.17) is 5.73 Å². The molecule has 0 unspecified atom stereocenters. The molecule has 132 valence electrons. The van der Waals surface area contributed by atoms with Gasteiger partial charge in [0.15, 0.2) is 11.5 Å². The second-order valence-electron chi connectivity index (χ2n) is 6.19. The van der Waals surface area contributed by atoms with Crippen LogP contribution in [0.3, 0.4) is 0 Å². The van der Waals surface area contributed by atoms with Gasteiger partial charge in [0.25, 0.3) is 5.91 Å². The van der Waals surface area contributed by atoms with Gasteiger partial charge in [0, 0.05) is 18.0 Å². The summed E-state index contributed by atoms with van der Waals surface area (Å²) in [6.07, 6.45) is 4.23. The lowest BCUT2D eigenvalue weighted by atomic mass is 10.2. The number of aromatic nitrogens is 3. The molecule has 4 rings (SSSR count). The number of nitrogens with zero attached hydrogens (tertiary/aromatic N) is 3. The molecule has 8 heteroatoms. The summed E-state index contributed by atoms with van der Waals surface area (Å²) in [5.74, 6) is 0.272. The van der Waals surface area contributed by atoms with Gasteiger partial charge in [-0.1, -0.05) is 18.2 Å². The standard InChI is InChI=1S/C18H19N7O/c19-17(26)16-18(25-15(10-22-16)23-12-5-6-20-8-12)24-13-7-11-3-1-2-4-14(11)21-9-13/h1-4,7,9-10,12,20H,5-6,8H2,(H2,19,26)(H2,23,24,25)/t12-/m1/s1. The first-order valence-corrected chi connectivity index (χ1v) is 8.45. The van der Waals surface area contributed by atoms with Gasteiger partial charge in [-0.05, 0) is 25.1 Å². The van der Waals surface area contributed by atoms with Gasteiger partial charge in [-0.25, -0.2) is 9.97 Å². The predicted octanol–water partition coefficient (Wildman–Crippen LogP) is 1.64. The maximum Gasteiger partial charge on any atom is 0.271 e. The van der Waals surface area contributed by atoms with Gasteiger partial charge in [0.05, 0.1) is 23.6 Å². The molecular weight excluding hydrogens is 330 g/mol. The molecule has 1 aromatic carbocycles. The summed E-state index contributed by atoms with van der Waals surface area (Å²) in [4.78, 5) is 24.8. The van der Waals surface area contributed by atoms with Crippen molar-refractivity contribution in [1.82, 2.24) is 20.3 Å². The van der Waals surface area contributed by atoms with Crippen LogP contribution in [-0.2, 0) is 0 Å². The fourth-order valence-electron chi connectivity index (χ4n) is 2.99.